The number of nitrogens with two attached hydrogens (primary N) is 1. The molecule has 5 fully saturated rings. The van der Waals surface area contributed by atoms with E-state index in [1.54, 1.807) is 12.8 Å². The van der Waals surface area contributed by atoms with Gasteiger partial charge in [0.2, 0.25) is 0 Å². The Labute approximate surface area is 225 Å². The van der Waals surface area contributed by atoms with Crippen molar-refractivity contribution >= 4 is 0 Å². The molecule has 5 rings (SSSR count). The van der Waals surface area contributed by atoms with Gasteiger partial charge in [0.05, 0.1) is 0 Å². The van der Waals surface area contributed by atoms with E-state index in [1.807, 2.05) is 0 Å². The van der Waals surface area contributed by atoms with Gasteiger partial charge in [0.25, 0.3) is 0 Å². The van der Waals surface area contributed by atoms with E-state index in [9.17, 15) is 0 Å². The van der Waals surface area contributed by atoms with E-state index in [1.165, 1.54) is 154 Å². The van der Waals surface area contributed by atoms with E-state index in [2.05, 4.69) is 5.32 Å². The van der Waals surface area contributed by atoms with Gasteiger partial charge < -0.3 is 11.1 Å². The van der Waals surface area contributed by atoms with Gasteiger partial charge in [-0.25, -0.2) is 0 Å². The fourth-order valence-electron chi connectivity index (χ4n) is 10.3. The molecule has 208 valence electrons. The van der Waals surface area contributed by atoms with E-state index < -0.39 is 0 Å². The SMILES string of the molecule is NC1CCC2(CCC1C1CCC(C3CCCCCCNCCCC3)CC1)C1CCCCCCCCC12. The first-order valence-corrected chi connectivity index (χ1v) is 17.2. The van der Waals surface area contributed by atoms with Crippen LogP contribution >= 0.6 is 0 Å². The maximum absolute atomic E-state index is 7.03. The Kier molecular flexibility index (Phi) is 10.6. The van der Waals surface area contributed by atoms with Crippen LogP contribution in [0.5, 0.6) is 0 Å². The summed E-state index contributed by atoms with van der Waals surface area (Å²) in [7, 11) is 0. The second-order valence-corrected chi connectivity index (χ2v) is 14.4. The number of hydrogen-bond donors (Lipinski definition) is 2. The van der Waals surface area contributed by atoms with Crippen molar-refractivity contribution in [2.75, 3.05) is 13.1 Å². The highest BCUT2D eigenvalue weighted by molar-refractivity contribution is 5.11. The van der Waals surface area contributed by atoms with Crippen LogP contribution in [-0.4, -0.2) is 19.1 Å². The van der Waals surface area contributed by atoms with Gasteiger partial charge in [0, 0.05) is 6.04 Å². The molecular weight excluding hydrogens is 436 g/mol. The molecule has 3 N–H and O–H groups in total. The third-order valence-electron chi connectivity index (χ3n) is 12.5. The molecule has 1 spiro atoms. The van der Waals surface area contributed by atoms with Gasteiger partial charge in [-0.3, -0.25) is 0 Å². The minimum atomic E-state index is 0.498. The molecule has 0 bridgehead atoms. The van der Waals surface area contributed by atoms with Crippen LogP contribution in [0.3, 0.4) is 0 Å². The Morgan fingerprint density at radius 1 is 0.444 bits per heavy atom. The molecule has 1 saturated heterocycles. The molecule has 1 aliphatic heterocycles. The molecule has 0 aromatic heterocycles. The van der Waals surface area contributed by atoms with Crippen LogP contribution in [0, 0.1) is 40.9 Å². The smallest absolute Gasteiger partial charge is 0.00700 e. The van der Waals surface area contributed by atoms with Crippen molar-refractivity contribution in [1.29, 1.82) is 0 Å². The predicted octanol–water partition coefficient (Wildman–Crippen LogP) is 9.02. The molecule has 2 nitrogen and oxygen atoms in total. The summed E-state index contributed by atoms with van der Waals surface area (Å²) in [6.07, 6.45) is 35.7. The zero-order chi connectivity index (χ0) is 24.6. The molecule has 1 heterocycles. The molecule has 0 amide bonds. The lowest BCUT2D eigenvalue weighted by Gasteiger charge is -2.39. The van der Waals surface area contributed by atoms with E-state index in [-0.39, 0.29) is 0 Å². The van der Waals surface area contributed by atoms with Crippen molar-refractivity contribution in [1.82, 2.24) is 5.32 Å². The van der Waals surface area contributed by atoms with E-state index >= 15 is 0 Å². The summed E-state index contributed by atoms with van der Waals surface area (Å²) in [6.45, 7) is 2.50. The highest BCUT2D eigenvalue weighted by atomic mass is 14.8. The Morgan fingerprint density at radius 2 is 0.917 bits per heavy atom. The highest BCUT2D eigenvalue weighted by Gasteiger charge is 2.62. The lowest BCUT2D eigenvalue weighted by molar-refractivity contribution is 0.132. The maximum atomic E-state index is 7.03. The van der Waals surface area contributed by atoms with Gasteiger partial charge in [0.15, 0.2) is 0 Å². The van der Waals surface area contributed by atoms with Gasteiger partial charge in [-0.2, -0.15) is 0 Å². The van der Waals surface area contributed by atoms with Crippen LogP contribution in [0.25, 0.3) is 0 Å². The number of rotatable bonds is 2. The van der Waals surface area contributed by atoms with Gasteiger partial charge in [-0.05, 0) is 131 Å². The third kappa shape index (κ3) is 6.91. The van der Waals surface area contributed by atoms with Gasteiger partial charge in [0.1, 0.15) is 0 Å². The summed E-state index contributed by atoms with van der Waals surface area (Å²) in [5, 5.41) is 3.68. The molecular formula is C34H62N2. The minimum absolute atomic E-state index is 0.498. The van der Waals surface area contributed by atoms with Crippen molar-refractivity contribution in [3.05, 3.63) is 0 Å². The fraction of sp³-hybridized carbons (Fsp3) is 1.00. The van der Waals surface area contributed by atoms with Gasteiger partial charge in [-0.1, -0.05) is 77.0 Å². The molecule has 0 aromatic carbocycles. The first kappa shape index (κ1) is 27.5. The second kappa shape index (κ2) is 13.8. The Hall–Kier alpha value is -0.0800. The molecule has 4 aliphatic carbocycles. The lowest BCUT2D eigenvalue weighted by atomic mass is 9.68. The zero-order valence-electron chi connectivity index (χ0n) is 24.0. The molecule has 5 atom stereocenters. The molecule has 5 unspecified atom stereocenters. The van der Waals surface area contributed by atoms with E-state index in [4.69, 9.17) is 5.73 Å². The highest BCUT2D eigenvalue weighted by Crippen LogP contribution is 2.69. The zero-order valence-corrected chi connectivity index (χ0v) is 24.0. The second-order valence-electron chi connectivity index (χ2n) is 14.4. The van der Waals surface area contributed by atoms with Crippen LogP contribution in [0.2, 0.25) is 0 Å². The first-order valence-electron chi connectivity index (χ1n) is 17.2. The Morgan fingerprint density at radius 3 is 1.61 bits per heavy atom. The summed E-state index contributed by atoms with van der Waals surface area (Å²) in [4.78, 5) is 0. The number of fused-ring (bicyclic) bond motifs is 3. The lowest BCUT2D eigenvalue weighted by Crippen LogP contribution is -2.36. The summed E-state index contributed by atoms with van der Waals surface area (Å²) in [5.74, 6) is 5.98. The standard InChI is InChI=1S/C34H62N2/c35-33-22-24-34(31-15-8-3-1-2-4-9-16-32(31)34)23-21-30(33)29-19-17-28(18-20-29)27-13-7-5-6-11-25-36-26-12-10-14-27/h27-33,36H,1-26,35H2. The quantitative estimate of drug-likeness (QED) is 0.398. The van der Waals surface area contributed by atoms with Crippen molar-refractivity contribution in [3.8, 4) is 0 Å². The topological polar surface area (TPSA) is 38.0 Å². The Balaban J connectivity index is 1.12. The van der Waals surface area contributed by atoms with Gasteiger partial charge >= 0.3 is 0 Å². The van der Waals surface area contributed by atoms with Crippen LogP contribution in [0.1, 0.15) is 154 Å². The number of hydrogen-bond acceptors (Lipinski definition) is 2. The van der Waals surface area contributed by atoms with E-state index in [0.717, 1.165) is 40.9 Å². The normalized spacial score (nSPS) is 44.4. The van der Waals surface area contributed by atoms with Crippen molar-refractivity contribution in [2.24, 2.45) is 46.7 Å². The first-order chi connectivity index (χ1) is 17.8. The summed E-state index contributed by atoms with van der Waals surface area (Å²) >= 11 is 0. The fourth-order valence-corrected chi connectivity index (χ4v) is 10.3. The molecule has 4 saturated carbocycles. The average molecular weight is 499 g/mol. The van der Waals surface area contributed by atoms with Crippen molar-refractivity contribution in [3.63, 3.8) is 0 Å². The van der Waals surface area contributed by atoms with Crippen LogP contribution < -0.4 is 11.1 Å². The molecule has 0 aromatic rings. The predicted molar refractivity (Wildman–Crippen MR) is 155 cm³/mol. The largest absolute Gasteiger partial charge is 0.327 e. The monoisotopic (exact) mass is 498 g/mol. The number of nitrogens with one attached hydrogen (secondary N) is 1. The minimum Gasteiger partial charge on any atom is -0.327 e. The van der Waals surface area contributed by atoms with Gasteiger partial charge in [-0.15, -0.1) is 0 Å². The molecule has 0 radical (unpaired) electrons. The van der Waals surface area contributed by atoms with Crippen LogP contribution in [-0.2, 0) is 0 Å². The van der Waals surface area contributed by atoms with Crippen LogP contribution in [0.4, 0.5) is 0 Å². The molecule has 5 aliphatic rings. The Bertz CT molecular complexity index is 595. The summed E-state index contributed by atoms with van der Waals surface area (Å²) in [5.41, 5.74) is 7.76. The van der Waals surface area contributed by atoms with Crippen LogP contribution in [0.15, 0.2) is 0 Å². The van der Waals surface area contributed by atoms with Crippen molar-refractivity contribution in [2.45, 2.75) is 160 Å². The summed E-state index contributed by atoms with van der Waals surface area (Å²) in [6, 6.07) is 0.498. The molecule has 36 heavy (non-hydrogen) atoms. The molecule has 2 heteroatoms. The third-order valence-corrected chi connectivity index (χ3v) is 12.5. The average Bonchev–Trinajstić information content (AvgIpc) is 3.55. The summed E-state index contributed by atoms with van der Waals surface area (Å²) < 4.78 is 0. The van der Waals surface area contributed by atoms with E-state index in [0.29, 0.717) is 6.04 Å². The maximum Gasteiger partial charge on any atom is 0.00700 e. The van der Waals surface area contributed by atoms with Crippen molar-refractivity contribution < 1.29 is 0 Å².